The molecule has 1 aromatic heterocycles. The first-order valence-corrected chi connectivity index (χ1v) is 11.1. The summed E-state index contributed by atoms with van der Waals surface area (Å²) in [5, 5.41) is 3.16. The van der Waals surface area contributed by atoms with E-state index < -0.39 is 11.9 Å². The number of ether oxygens (including phenoxy) is 2. The molecule has 0 bridgehead atoms. The SMILES string of the molecule is COc1cccc([C@H](C(=O)NC2CCCC2)N(C(=O)c2ccco2)c2ccccc2OC)c1. The third kappa shape index (κ3) is 4.87. The first-order chi connectivity index (χ1) is 16.1. The number of nitrogens with zero attached hydrogens (tertiary/aromatic N) is 1. The summed E-state index contributed by atoms with van der Waals surface area (Å²) in [7, 11) is 3.10. The summed E-state index contributed by atoms with van der Waals surface area (Å²) in [6.45, 7) is 0. The van der Waals surface area contributed by atoms with Gasteiger partial charge in [0.1, 0.15) is 17.5 Å². The predicted octanol–water partition coefficient (Wildman–Crippen LogP) is 4.74. The molecule has 33 heavy (non-hydrogen) atoms. The molecule has 7 heteroatoms. The van der Waals surface area contributed by atoms with E-state index in [0.717, 1.165) is 25.7 Å². The average molecular weight is 449 g/mol. The monoisotopic (exact) mass is 448 g/mol. The van der Waals surface area contributed by atoms with Crippen LogP contribution in [-0.4, -0.2) is 32.1 Å². The van der Waals surface area contributed by atoms with Gasteiger partial charge in [0.05, 0.1) is 26.2 Å². The Balaban J connectivity index is 1.85. The van der Waals surface area contributed by atoms with Crippen LogP contribution in [0.4, 0.5) is 5.69 Å². The molecule has 1 heterocycles. The van der Waals surface area contributed by atoms with Crippen molar-refractivity contribution in [2.75, 3.05) is 19.1 Å². The largest absolute Gasteiger partial charge is 0.497 e. The summed E-state index contributed by atoms with van der Waals surface area (Å²) in [6, 6.07) is 16.7. The van der Waals surface area contributed by atoms with E-state index in [1.807, 2.05) is 18.2 Å². The van der Waals surface area contributed by atoms with Crippen LogP contribution in [0.15, 0.2) is 71.3 Å². The van der Waals surface area contributed by atoms with E-state index in [0.29, 0.717) is 22.7 Å². The van der Waals surface area contributed by atoms with Crippen LogP contribution >= 0.6 is 0 Å². The van der Waals surface area contributed by atoms with Gasteiger partial charge < -0.3 is 19.2 Å². The lowest BCUT2D eigenvalue weighted by Crippen LogP contribution is -2.46. The maximum atomic E-state index is 13.8. The molecule has 1 aliphatic rings. The van der Waals surface area contributed by atoms with E-state index in [4.69, 9.17) is 13.9 Å². The van der Waals surface area contributed by atoms with Gasteiger partial charge in [-0.15, -0.1) is 0 Å². The van der Waals surface area contributed by atoms with Crippen molar-refractivity contribution in [1.82, 2.24) is 5.32 Å². The fraction of sp³-hybridized carbons (Fsp3) is 0.308. The summed E-state index contributed by atoms with van der Waals surface area (Å²) in [5.41, 5.74) is 1.09. The zero-order chi connectivity index (χ0) is 23.2. The lowest BCUT2D eigenvalue weighted by Gasteiger charge is -2.32. The number of para-hydroxylation sites is 2. The van der Waals surface area contributed by atoms with Gasteiger partial charge in [-0.2, -0.15) is 0 Å². The van der Waals surface area contributed by atoms with E-state index in [2.05, 4.69) is 5.32 Å². The summed E-state index contributed by atoms with van der Waals surface area (Å²) in [6.07, 6.45) is 5.45. The average Bonchev–Trinajstić information content (AvgIpc) is 3.56. The van der Waals surface area contributed by atoms with Crippen LogP contribution in [0, 0.1) is 0 Å². The van der Waals surface area contributed by atoms with Crippen LogP contribution < -0.4 is 19.7 Å². The van der Waals surface area contributed by atoms with Crippen LogP contribution in [0.25, 0.3) is 0 Å². The third-order valence-electron chi connectivity index (χ3n) is 5.91. The van der Waals surface area contributed by atoms with Gasteiger partial charge in [0.25, 0.3) is 5.91 Å². The molecule has 1 N–H and O–H groups in total. The van der Waals surface area contributed by atoms with Gasteiger partial charge in [-0.3, -0.25) is 14.5 Å². The molecule has 0 saturated heterocycles. The van der Waals surface area contributed by atoms with Crippen molar-refractivity contribution >= 4 is 17.5 Å². The van der Waals surface area contributed by atoms with Crippen molar-refractivity contribution in [2.45, 2.75) is 37.8 Å². The number of carbonyl (C=O) groups excluding carboxylic acids is 2. The molecule has 0 aliphatic heterocycles. The Morgan fingerprint density at radius 2 is 1.79 bits per heavy atom. The second-order valence-electron chi connectivity index (χ2n) is 7.99. The summed E-state index contributed by atoms with van der Waals surface area (Å²) < 4.78 is 16.4. The Kier molecular flexibility index (Phi) is 6.98. The lowest BCUT2D eigenvalue weighted by molar-refractivity contribution is -0.123. The zero-order valence-electron chi connectivity index (χ0n) is 18.8. The second-order valence-corrected chi connectivity index (χ2v) is 7.99. The molecule has 1 saturated carbocycles. The van der Waals surface area contributed by atoms with Crippen molar-refractivity contribution in [3.05, 3.63) is 78.3 Å². The molecular formula is C26H28N2O5. The molecule has 3 aromatic rings. The number of benzene rings is 2. The quantitative estimate of drug-likeness (QED) is 0.538. The Hall–Kier alpha value is -3.74. The zero-order valence-corrected chi connectivity index (χ0v) is 18.8. The molecule has 0 spiro atoms. The summed E-state index contributed by atoms with van der Waals surface area (Å²) in [4.78, 5) is 29.0. The number of rotatable bonds is 8. The van der Waals surface area contributed by atoms with Crippen molar-refractivity contribution < 1.29 is 23.5 Å². The Morgan fingerprint density at radius 1 is 1.00 bits per heavy atom. The van der Waals surface area contributed by atoms with Gasteiger partial charge in [0.2, 0.25) is 5.91 Å². The number of furan rings is 1. The maximum absolute atomic E-state index is 13.8. The topological polar surface area (TPSA) is 81.0 Å². The highest BCUT2D eigenvalue weighted by Gasteiger charge is 2.37. The standard InChI is InChI=1S/C26H28N2O5/c1-31-20-12-7-9-18(17-20)24(25(29)27-19-10-3-4-11-19)28(26(30)23-15-8-16-33-23)21-13-5-6-14-22(21)32-2/h5-9,12-17,19,24H,3-4,10-11H2,1-2H3,(H,27,29)/t24-/m1/s1. The first-order valence-electron chi connectivity index (χ1n) is 11.1. The molecule has 1 fully saturated rings. The van der Waals surface area contributed by atoms with Gasteiger partial charge in [0.15, 0.2) is 5.76 Å². The van der Waals surface area contributed by atoms with Crippen LogP contribution in [0.3, 0.4) is 0 Å². The van der Waals surface area contributed by atoms with Crippen LogP contribution in [0.1, 0.15) is 47.8 Å². The highest BCUT2D eigenvalue weighted by Crippen LogP contribution is 2.37. The number of carbonyl (C=O) groups is 2. The Labute approximate surface area is 193 Å². The summed E-state index contributed by atoms with van der Waals surface area (Å²) in [5.74, 6) is 0.484. The second kappa shape index (κ2) is 10.3. The number of methoxy groups -OCH3 is 2. The van der Waals surface area contributed by atoms with Crippen molar-refractivity contribution in [3.8, 4) is 11.5 Å². The normalized spacial score (nSPS) is 14.5. The Bertz CT molecular complexity index is 1090. The maximum Gasteiger partial charge on any atom is 0.295 e. The van der Waals surface area contributed by atoms with Gasteiger partial charge in [-0.1, -0.05) is 37.1 Å². The number of nitrogens with one attached hydrogen (secondary N) is 1. The minimum Gasteiger partial charge on any atom is -0.497 e. The van der Waals surface area contributed by atoms with Crippen molar-refractivity contribution in [3.63, 3.8) is 0 Å². The highest BCUT2D eigenvalue weighted by atomic mass is 16.5. The summed E-state index contributed by atoms with van der Waals surface area (Å²) >= 11 is 0. The fourth-order valence-electron chi connectivity index (χ4n) is 4.29. The van der Waals surface area contributed by atoms with E-state index in [9.17, 15) is 9.59 Å². The molecule has 7 nitrogen and oxygen atoms in total. The van der Waals surface area contributed by atoms with Gasteiger partial charge in [-0.05, 0) is 54.8 Å². The number of hydrogen-bond acceptors (Lipinski definition) is 5. The number of amides is 2. The fourth-order valence-corrected chi connectivity index (χ4v) is 4.29. The van der Waals surface area contributed by atoms with E-state index in [-0.39, 0.29) is 17.7 Å². The van der Waals surface area contributed by atoms with Gasteiger partial charge in [0, 0.05) is 6.04 Å². The third-order valence-corrected chi connectivity index (χ3v) is 5.91. The lowest BCUT2D eigenvalue weighted by atomic mass is 10.0. The molecule has 172 valence electrons. The van der Waals surface area contributed by atoms with Crippen LogP contribution in [-0.2, 0) is 4.79 Å². The van der Waals surface area contributed by atoms with Crippen molar-refractivity contribution in [2.24, 2.45) is 0 Å². The highest BCUT2D eigenvalue weighted by molar-refractivity contribution is 6.09. The van der Waals surface area contributed by atoms with Crippen LogP contribution in [0.2, 0.25) is 0 Å². The molecule has 4 rings (SSSR count). The molecule has 0 unspecified atom stereocenters. The molecule has 1 aliphatic carbocycles. The molecule has 2 amide bonds. The minimum absolute atomic E-state index is 0.0869. The van der Waals surface area contributed by atoms with E-state index in [1.165, 1.54) is 18.3 Å². The Morgan fingerprint density at radius 3 is 2.48 bits per heavy atom. The van der Waals surface area contributed by atoms with Gasteiger partial charge >= 0.3 is 0 Å². The van der Waals surface area contributed by atoms with Crippen LogP contribution in [0.5, 0.6) is 11.5 Å². The molecule has 2 aromatic carbocycles. The number of anilines is 1. The van der Waals surface area contributed by atoms with E-state index in [1.54, 1.807) is 49.6 Å². The number of hydrogen-bond donors (Lipinski definition) is 1. The van der Waals surface area contributed by atoms with Crippen molar-refractivity contribution in [1.29, 1.82) is 0 Å². The van der Waals surface area contributed by atoms with E-state index >= 15 is 0 Å². The molecular weight excluding hydrogens is 420 g/mol. The predicted molar refractivity (Wildman–Crippen MR) is 125 cm³/mol. The van der Waals surface area contributed by atoms with Gasteiger partial charge in [-0.25, -0.2) is 0 Å². The minimum atomic E-state index is -0.963. The molecule has 0 radical (unpaired) electrons. The molecule has 1 atom stereocenters. The first kappa shape index (κ1) is 22.5. The smallest absolute Gasteiger partial charge is 0.295 e.